The number of amides is 1. The molecule has 2 atom stereocenters. The number of hydrogen-bond donors (Lipinski definition) is 2. The molecule has 0 spiro atoms. The van der Waals surface area contributed by atoms with Crippen molar-refractivity contribution in [2.45, 2.75) is 13.3 Å². The Labute approximate surface area is 107 Å². The smallest absolute Gasteiger partial charge is 0.254 e. The van der Waals surface area contributed by atoms with Gasteiger partial charge in [0.1, 0.15) is 5.82 Å². The third-order valence-electron chi connectivity index (χ3n) is 3.63. The highest BCUT2D eigenvalue weighted by molar-refractivity contribution is 5.94. The van der Waals surface area contributed by atoms with Crippen molar-refractivity contribution in [2.24, 2.45) is 11.8 Å². The lowest BCUT2D eigenvalue weighted by molar-refractivity contribution is 0.0935. The largest absolute Gasteiger partial charge is 0.352 e. The van der Waals surface area contributed by atoms with E-state index in [9.17, 15) is 9.18 Å². The number of halogens is 1. The second-order valence-corrected chi connectivity index (χ2v) is 4.92. The van der Waals surface area contributed by atoms with Gasteiger partial charge in [-0.05, 0) is 43.5 Å². The second kappa shape index (κ2) is 5.96. The normalized spacial score (nSPS) is 23.7. The Morgan fingerprint density at radius 2 is 2.28 bits per heavy atom. The summed E-state index contributed by atoms with van der Waals surface area (Å²) in [4.78, 5) is 11.8. The van der Waals surface area contributed by atoms with Crippen LogP contribution in [0.15, 0.2) is 24.3 Å². The summed E-state index contributed by atoms with van der Waals surface area (Å²) >= 11 is 0. The molecule has 4 heteroatoms. The highest BCUT2D eigenvalue weighted by atomic mass is 19.1. The van der Waals surface area contributed by atoms with Crippen molar-refractivity contribution in [3.63, 3.8) is 0 Å². The lowest BCUT2D eigenvalue weighted by Gasteiger charge is -2.29. The van der Waals surface area contributed by atoms with Crippen LogP contribution in [0.3, 0.4) is 0 Å². The van der Waals surface area contributed by atoms with E-state index in [1.165, 1.54) is 12.1 Å². The Balaban J connectivity index is 1.90. The minimum Gasteiger partial charge on any atom is -0.352 e. The van der Waals surface area contributed by atoms with Gasteiger partial charge in [-0.2, -0.15) is 0 Å². The van der Waals surface area contributed by atoms with Crippen LogP contribution in [-0.4, -0.2) is 25.5 Å². The fourth-order valence-electron chi connectivity index (χ4n) is 2.29. The molecule has 0 aliphatic carbocycles. The molecule has 3 nitrogen and oxygen atoms in total. The number of rotatable bonds is 3. The van der Waals surface area contributed by atoms with Gasteiger partial charge in [-0.15, -0.1) is 0 Å². The average Bonchev–Trinajstić information content (AvgIpc) is 2.38. The number of hydrogen-bond acceptors (Lipinski definition) is 2. The molecule has 1 fully saturated rings. The fourth-order valence-corrected chi connectivity index (χ4v) is 2.29. The lowest BCUT2D eigenvalue weighted by atomic mass is 9.88. The number of piperidine rings is 1. The zero-order valence-corrected chi connectivity index (χ0v) is 10.6. The van der Waals surface area contributed by atoms with Crippen LogP contribution in [0.2, 0.25) is 0 Å². The van der Waals surface area contributed by atoms with Crippen LogP contribution in [0, 0.1) is 17.7 Å². The SMILES string of the molecule is CC1CCNCC1CNC(=O)c1ccccc1F. The number of nitrogens with one attached hydrogen (secondary N) is 2. The van der Waals surface area contributed by atoms with Gasteiger partial charge in [-0.25, -0.2) is 4.39 Å². The molecule has 0 saturated carbocycles. The molecule has 2 rings (SSSR count). The molecule has 1 aliphatic rings. The predicted molar refractivity (Wildman–Crippen MR) is 68.9 cm³/mol. The summed E-state index contributed by atoms with van der Waals surface area (Å²) in [5, 5.41) is 6.14. The molecule has 0 aromatic heterocycles. The highest BCUT2D eigenvalue weighted by Crippen LogP contribution is 2.17. The topological polar surface area (TPSA) is 41.1 Å². The van der Waals surface area contributed by atoms with Gasteiger partial charge in [0, 0.05) is 6.54 Å². The van der Waals surface area contributed by atoms with Gasteiger partial charge in [-0.1, -0.05) is 19.1 Å². The van der Waals surface area contributed by atoms with Gasteiger partial charge in [0.05, 0.1) is 5.56 Å². The van der Waals surface area contributed by atoms with Gasteiger partial charge in [-0.3, -0.25) is 4.79 Å². The molecular formula is C14H19FN2O. The Bertz CT molecular complexity index is 422. The Morgan fingerprint density at radius 1 is 1.50 bits per heavy atom. The maximum absolute atomic E-state index is 13.4. The number of carbonyl (C=O) groups excluding carboxylic acids is 1. The van der Waals surface area contributed by atoms with Crippen molar-refractivity contribution in [2.75, 3.05) is 19.6 Å². The summed E-state index contributed by atoms with van der Waals surface area (Å²) in [5.41, 5.74) is 0.119. The minimum atomic E-state index is -0.468. The monoisotopic (exact) mass is 250 g/mol. The molecule has 1 aliphatic heterocycles. The summed E-state index contributed by atoms with van der Waals surface area (Å²) < 4.78 is 13.4. The highest BCUT2D eigenvalue weighted by Gasteiger charge is 2.22. The van der Waals surface area contributed by atoms with E-state index in [4.69, 9.17) is 0 Å². The van der Waals surface area contributed by atoms with E-state index in [2.05, 4.69) is 17.6 Å². The number of benzene rings is 1. The quantitative estimate of drug-likeness (QED) is 0.859. The van der Waals surface area contributed by atoms with Crippen LogP contribution >= 0.6 is 0 Å². The molecular weight excluding hydrogens is 231 g/mol. The average molecular weight is 250 g/mol. The van der Waals surface area contributed by atoms with E-state index in [0.29, 0.717) is 18.4 Å². The van der Waals surface area contributed by atoms with Crippen LogP contribution in [0.5, 0.6) is 0 Å². The van der Waals surface area contributed by atoms with Crippen molar-refractivity contribution in [3.8, 4) is 0 Å². The van der Waals surface area contributed by atoms with E-state index < -0.39 is 5.82 Å². The van der Waals surface area contributed by atoms with Gasteiger partial charge in [0.2, 0.25) is 0 Å². The van der Waals surface area contributed by atoms with Crippen LogP contribution in [0.4, 0.5) is 4.39 Å². The molecule has 2 N–H and O–H groups in total. The van der Waals surface area contributed by atoms with E-state index in [1.807, 2.05) is 0 Å². The molecule has 0 radical (unpaired) electrons. The summed E-state index contributed by atoms with van der Waals surface area (Å²) in [7, 11) is 0. The van der Waals surface area contributed by atoms with Gasteiger partial charge in [0.15, 0.2) is 0 Å². The summed E-state index contributed by atoms with van der Waals surface area (Å²) in [6.45, 7) is 4.75. The first-order chi connectivity index (χ1) is 8.68. The van der Waals surface area contributed by atoms with Gasteiger partial charge >= 0.3 is 0 Å². The first-order valence-corrected chi connectivity index (χ1v) is 6.42. The maximum atomic E-state index is 13.4. The first-order valence-electron chi connectivity index (χ1n) is 6.42. The van der Waals surface area contributed by atoms with Crippen LogP contribution in [-0.2, 0) is 0 Å². The molecule has 0 bridgehead atoms. The van der Waals surface area contributed by atoms with Crippen LogP contribution < -0.4 is 10.6 Å². The number of carbonyl (C=O) groups is 1. The molecule has 1 saturated heterocycles. The third-order valence-corrected chi connectivity index (χ3v) is 3.63. The minimum absolute atomic E-state index is 0.119. The lowest BCUT2D eigenvalue weighted by Crippen LogP contribution is -2.42. The second-order valence-electron chi connectivity index (χ2n) is 4.92. The van der Waals surface area contributed by atoms with Crippen molar-refractivity contribution in [1.82, 2.24) is 10.6 Å². The summed E-state index contributed by atoms with van der Waals surface area (Å²) in [5.74, 6) is 0.220. The van der Waals surface area contributed by atoms with Crippen molar-refractivity contribution < 1.29 is 9.18 Å². The Morgan fingerprint density at radius 3 is 3.00 bits per heavy atom. The van der Waals surface area contributed by atoms with Crippen molar-refractivity contribution in [1.29, 1.82) is 0 Å². The van der Waals surface area contributed by atoms with Gasteiger partial charge < -0.3 is 10.6 Å². The van der Waals surface area contributed by atoms with Crippen LogP contribution in [0.25, 0.3) is 0 Å². The zero-order chi connectivity index (χ0) is 13.0. The maximum Gasteiger partial charge on any atom is 0.254 e. The standard InChI is InChI=1S/C14H19FN2O/c1-10-6-7-16-8-11(10)9-17-14(18)12-4-2-3-5-13(12)15/h2-5,10-11,16H,6-9H2,1H3,(H,17,18). The molecule has 1 amide bonds. The fraction of sp³-hybridized carbons (Fsp3) is 0.500. The molecule has 98 valence electrons. The first kappa shape index (κ1) is 13.0. The molecule has 18 heavy (non-hydrogen) atoms. The van der Waals surface area contributed by atoms with E-state index in [-0.39, 0.29) is 11.5 Å². The van der Waals surface area contributed by atoms with E-state index in [1.54, 1.807) is 12.1 Å². The summed E-state index contributed by atoms with van der Waals surface area (Å²) in [6.07, 6.45) is 1.13. The molecule has 1 aromatic carbocycles. The predicted octanol–water partition coefficient (Wildman–Crippen LogP) is 1.80. The van der Waals surface area contributed by atoms with E-state index in [0.717, 1.165) is 19.5 Å². The Kier molecular flexibility index (Phi) is 4.31. The summed E-state index contributed by atoms with van der Waals surface area (Å²) in [6, 6.07) is 6.06. The van der Waals surface area contributed by atoms with Crippen molar-refractivity contribution in [3.05, 3.63) is 35.6 Å². The molecule has 2 unspecified atom stereocenters. The Hall–Kier alpha value is -1.42. The van der Waals surface area contributed by atoms with E-state index >= 15 is 0 Å². The van der Waals surface area contributed by atoms with Gasteiger partial charge in [0.25, 0.3) is 5.91 Å². The third kappa shape index (κ3) is 3.07. The molecule has 1 aromatic rings. The molecule has 1 heterocycles. The van der Waals surface area contributed by atoms with Crippen molar-refractivity contribution >= 4 is 5.91 Å². The zero-order valence-electron chi connectivity index (χ0n) is 10.6. The van der Waals surface area contributed by atoms with Crippen LogP contribution in [0.1, 0.15) is 23.7 Å².